The third kappa shape index (κ3) is 2.19. The molecule has 18 heavy (non-hydrogen) atoms. The van der Waals surface area contributed by atoms with Crippen molar-refractivity contribution in [1.82, 2.24) is 0 Å². The quantitative estimate of drug-likeness (QED) is 0.782. The van der Waals surface area contributed by atoms with E-state index in [4.69, 9.17) is 11.5 Å². The van der Waals surface area contributed by atoms with Crippen LogP contribution in [0.5, 0.6) is 0 Å². The second-order valence-electron chi connectivity index (χ2n) is 5.17. The van der Waals surface area contributed by atoms with E-state index in [-0.39, 0.29) is 0 Å². The number of primary amides is 2. The summed E-state index contributed by atoms with van der Waals surface area (Å²) in [6.45, 7) is 3.88. The highest BCUT2D eigenvalue weighted by molar-refractivity contribution is 7.98. The van der Waals surface area contributed by atoms with Crippen molar-refractivity contribution in [3.05, 3.63) is 24.3 Å². The van der Waals surface area contributed by atoms with E-state index < -0.39 is 28.6 Å². The van der Waals surface area contributed by atoms with Crippen LogP contribution in [-0.2, 0) is 9.59 Å². The van der Waals surface area contributed by atoms with Crippen LogP contribution in [0.3, 0.4) is 0 Å². The lowest BCUT2D eigenvalue weighted by Gasteiger charge is -2.46. The van der Waals surface area contributed by atoms with E-state index in [1.165, 1.54) is 0 Å². The molecule has 0 aliphatic heterocycles. The molecule has 0 saturated carbocycles. The molecule has 0 radical (unpaired) electrons. The molecule has 1 aliphatic carbocycles. The molecule has 0 aromatic rings. The first-order chi connectivity index (χ1) is 8.29. The van der Waals surface area contributed by atoms with Crippen molar-refractivity contribution >= 4 is 23.6 Å². The van der Waals surface area contributed by atoms with Gasteiger partial charge in [0.2, 0.25) is 11.8 Å². The highest BCUT2D eigenvalue weighted by Crippen LogP contribution is 2.49. The van der Waals surface area contributed by atoms with Gasteiger partial charge in [0.1, 0.15) is 0 Å². The zero-order chi connectivity index (χ0) is 14.0. The largest absolute Gasteiger partial charge is 0.369 e. The smallest absolute Gasteiger partial charge is 0.229 e. The minimum Gasteiger partial charge on any atom is -0.369 e. The summed E-state index contributed by atoms with van der Waals surface area (Å²) >= 11 is 1.61. The van der Waals surface area contributed by atoms with E-state index in [0.29, 0.717) is 5.75 Å². The van der Waals surface area contributed by atoms with Gasteiger partial charge in [0.25, 0.3) is 0 Å². The van der Waals surface area contributed by atoms with Crippen LogP contribution < -0.4 is 11.5 Å². The van der Waals surface area contributed by atoms with Gasteiger partial charge in [0, 0.05) is 0 Å². The van der Waals surface area contributed by atoms with Crippen LogP contribution in [0.2, 0.25) is 0 Å². The summed E-state index contributed by atoms with van der Waals surface area (Å²) in [6, 6.07) is 0. The lowest BCUT2D eigenvalue weighted by atomic mass is 9.57. The molecule has 0 spiro atoms. The first kappa shape index (κ1) is 14.8. The molecule has 5 heteroatoms. The van der Waals surface area contributed by atoms with Gasteiger partial charge in [0.05, 0.1) is 11.3 Å². The summed E-state index contributed by atoms with van der Waals surface area (Å²) < 4.78 is 0. The predicted octanol–water partition coefficient (Wildman–Crippen LogP) is 1.07. The van der Waals surface area contributed by atoms with Gasteiger partial charge in [-0.05, 0) is 17.4 Å². The molecule has 100 valence electrons. The Morgan fingerprint density at radius 1 is 1.33 bits per heavy atom. The van der Waals surface area contributed by atoms with Crippen molar-refractivity contribution in [2.75, 3.05) is 12.0 Å². The fourth-order valence-corrected chi connectivity index (χ4v) is 3.61. The van der Waals surface area contributed by atoms with Crippen LogP contribution in [0.4, 0.5) is 0 Å². The highest BCUT2D eigenvalue weighted by Gasteiger charge is 2.54. The molecule has 2 atom stereocenters. The number of amides is 2. The number of thioether (sulfide) groups is 1. The van der Waals surface area contributed by atoms with E-state index in [9.17, 15) is 9.59 Å². The molecule has 4 nitrogen and oxygen atoms in total. The molecule has 0 saturated heterocycles. The molecule has 1 aliphatic rings. The Bertz CT molecular complexity index is 415. The number of rotatable bonds is 5. The Morgan fingerprint density at radius 3 is 2.39 bits per heavy atom. The van der Waals surface area contributed by atoms with Gasteiger partial charge in [-0.2, -0.15) is 11.8 Å². The van der Waals surface area contributed by atoms with E-state index in [1.807, 2.05) is 20.1 Å². The molecule has 0 aromatic carbocycles. The number of carbonyl (C=O) groups is 2. The van der Waals surface area contributed by atoms with Crippen molar-refractivity contribution in [2.24, 2.45) is 28.2 Å². The van der Waals surface area contributed by atoms with Crippen LogP contribution in [0.15, 0.2) is 24.3 Å². The van der Waals surface area contributed by atoms with Gasteiger partial charge in [-0.1, -0.05) is 38.2 Å². The summed E-state index contributed by atoms with van der Waals surface area (Å²) in [5.41, 5.74) is 9.52. The molecule has 4 N–H and O–H groups in total. The first-order valence-electron chi connectivity index (χ1n) is 5.74. The normalized spacial score (nSPS) is 27.2. The zero-order valence-corrected chi connectivity index (χ0v) is 11.8. The number of carbonyl (C=O) groups excluding carboxylic acids is 2. The maximum atomic E-state index is 12.0. The molecule has 2 amide bonds. The molecular weight excluding hydrogens is 248 g/mol. The molecule has 0 heterocycles. The Kier molecular flexibility index (Phi) is 4.27. The van der Waals surface area contributed by atoms with Crippen molar-refractivity contribution < 1.29 is 9.59 Å². The predicted molar refractivity (Wildman–Crippen MR) is 74.8 cm³/mol. The van der Waals surface area contributed by atoms with Gasteiger partial charge < -0.3 is 11.5 Å². The fourth-order valence-electron chi connectivity index (χ4n) is 2.65. The molecule has 2 unspecified atom stereocenters. The maximum Gasteiger partial charge on any atom is 0.229 e. The van der Waals surface area contributed by atoms with Gasteiger partial charge >= 0.3 is 0 Å². The van der Waals surface area contributed by atoms with Crippen molar-refractivity contribution in [3.63, 3.8) is 0 Å². The van der Waals surface area contributed by atoms with Crippen molar-refractivity contribution in [1.29, 1.82) is 0 Å². The van der Waals surface area contributed by atoms with Crippen molar-refractivity contribution in [3.8, 4) is 0 Å². The number of hydrogen-bond donors (Lipinski definition) is 2. The molecule has 0 fully saturated rings. The Balaban J connectivity index is 3.38. The van der Waals surface area contributed by atoms with Gasteiger partial charge in [-0.25, -0.2) is 0 Å². The van der Waals surface area contributed by atoms with Crippen LogP contribution in [0.1, 0.15) is 13.8 Å². The monoisotopic (exact) mass is 268 g/mol. The zero-order valence-electron chi connectivity index (χ0n) is 11.0. The maximum absolute atomic E-state index is 12.0. The number of nitrogens with two attached hydrogens (primary N) is 2. The molecule has 0 bridgehead atoms. The second-order valence-corrected chi connectivity index (χ2v) is 6.04. The van der Waals surface area contributed by atoms with Gasteiger partial charge in [-0.15, -0.1) is 0 Å². The third-order valence-electron chi connectivity index (χ3n) is 3.60. The second kappa shape index (κ2) is 5.18. The summed E-state index contributed by atoms with van der Waals surface area (Å²) in [5, 5.41) is 0. The van der Waals surface area contributed by atoms with E-state index >= 15 is 0 Å². The van der Waals surface area contributed by atoms with Crippen molar-refractivity contribution in [2.45, 2.75) is 13.8 Å². The van der Waals surface area contributed by atoms with Gasteiger partial charge in [-0.3, -0.25) is 9.59 Å². The minimum atomic E-state index is -1.06. The summed E-state index contributed by atoms with van der Waals surface area (Å²) in [6.07, 6.45) is 8.83. The molecular formula is C13H20N2O2S. The molecule has 1 rings (SSSR count). The summed E-state index contributed by atoms with van der Waals surface area (Å²) in [7, 11) is 0. The van der Waals surface area contributed by atoms with E-state index in [2.05, 4.69) is 0 Å². The van der Waals surface area contributed by atoms with Crippen LogP contribution >= 0.6 is 11.8 Å². The van der Waals surface area contributed by atoms with E-state index in [0.717, 1.165) is 0 Å². The SMILES string of the molecule is CSCC(C)(C)C1(C(N)=O)C=CC=CC1C(N)=O. The average molecular weight is 268 g/mol. The standard InChI is InChI=1S/C13H20N2O2S/c1-12(2,8-18-3)13(11(15)17)7-5-4-6-9(13)10(14)16/h4-7,9H,8H2,1-3H3,(H2,14,16)(H2,15,17). The first-order valence-corrected chi connectivity index (χ1v) is 7.13. The van der Waals surface area contributed by atoms with Crippen LogP contribution in [0, 0.1) is 16.7 Å². The Hall–Kier alpha value is -1.23. The lowest BCUT2D eigenvalue weighted by molar-refractivity contribution is -0.139. The van der Waals surface area contributed by atoms with Crippen LogP contribution in [-0.4, -0.2) is 23.8 Å². The van der Waals surface area contributed by atoms with E-state index in [1.54, 1.807) is 36.1 Å². The summed E-state index contributed by atoms with van der Waals surface area (Å²) in [4.78, 5) is 23.7. The molecule has 0 aromatic heterocycles. The lowest BCUT2D eigenvalue weighted by Crippen LogP contribution is -2.56. The third-order valence-corrected chi connectivity index (χ3v) is 4.61. The number of hydrogen-bond acceptors (Lipinski definition) is 3. The topological polar surface area (TPSA) is 86.2 Å². The fraction of sp³-hybridized carbons (Fsp3) is 0.538. The average Bonchev–Trinajstić information content (AvgIpc) is 2.28. The van der Waals surface area contributed by atoms with Gasteiger partial charge in [0.15, 0.2) is 0 Å². The van der Waals surface area contributed by atoms with Crippen LogP contribution in [0.25, 0.3) is 0 Å². The minimum absolute atomic E-state index is 0.459. The number of allylic oxidation sites excluding steroid dienone is 2. The summed E-state index contributed by atoms with van der Waals surface area (Å²) in [5.74, 6) is -1.02. The Labute approximate surface area is 112 Å². The Morgan fingerprint density at radius 2 is 1.94 bits per heavy atom. The highest BCUT2D eigenvalue weighted by atomic mass is 32.2.